The van der Waals surface area contributed by atoms with Gasteiger partial charge in [0.05, 0.1) is 19.6 Å². The van der Waals surface area contributed by atoms with Crippen LogP contribution in [0.4, 0.5) is 17.6 Å². The van der Waals surface area contributed by atoms with Crippen molar-refractivity contribution in [1.82, 2.24) is 0 Å². The molecule has 20 heavy (non-hydrogen) atoms. The number of rotatable bonds is 6. The van der Waals surface area contributed by atoms with Gasteiger partial charge in [0.2, 0.25) is 0 Å². The first kappa shape index (κ1) is 16.2. The molecule has 0 radical (unpaired) electrons. The molecule has 7 heteroatoms. The molecule has 0 fully saturated rings. The number of hydrogen-bond acceptors (Lipinski definition) is 2. The summed E-state index contributed by atoms with van der Waals surface area (Å²) < 4.78 is 53.9. The SMILES string of the molecule is O=C(O)/C=C/c1ccc(COCCC(F)(F)F)c(F)c1. The van der Waals surface area contributed by atoms with Gasteiger partial charge in [-0.15, -0.1) is 0 Å². The van der Waals surface area contributed by atoms with Crippen LogP contribution in [0.25, 0.3) is 6.08 Å². The van der Waals surface area contributed by atoms with E-state index in [4.69, 9.17) is 9.84 Å². The molecule has 1 N–H and O–H groups in total. The van der Waals surface area contributed by atoms with Crippen LogP contribution in [0.15, 0.2) is 24.3 Å². The van der Waals surface area contributed by atoms with Gasteiger partial charge in [0.15, 0.2) is 0 Å². The lowest BCUT2D eigenvalue weighted by molar-refractivity contribution is -0.146. The molecule has 1 aromatic carbocycles. The Hall–Kier alpha value is -1.89. The maximum Gasteiger partial charge on any atom is 0.391 e. The standard InChI is InChI=1S/C13H12F4O3/c14-11-7-9(2-4-12(18)19)1-3-10(11)8-20-6-5-13(15,16)17/h1-4,7H,5-6,8H2,(H,18,19)/b4-2+. The molecule has 0 amide bonds. The highest BCUT2D eigenvalue weighted by molar-refractivity contribution is 5.85. The molecule has 0 saturated carbocycles. The molecule has 110 valence electrons. The van der Waals surface area contributed by atoms with Gasteiger partial charge in [-0.25, -0.2) is 9.18 Å². The minimum atomic E-state index is -4.30. The molecule has 0 atom stereocenters. The van der Waals surface area contributed by atoms with Crippen LogP contribution in [0.2, 0.25) is 0 Å². The normalized spacial score (nSPS) is 12.0. The number of halogens is 4. The molecule has 0 bridgehead atoms. The third kappa shape index (κ3) is 6.33. The highest BCUT2D eigenvalue weighted by atomic mass is 19.4. The van der Waals surface area contributed by atoms with E-state index in [-0.39, 0.29) is 12.2 Å². The Bertz CT molecular complexity index is 495. The number of alkyl halides is 3. The van der Waals surface area contributed by atoms with Crippen molar-refractivity contribution in [1.29, 1.82) is 0 Å². The van der Waals surface area contributed by atoms with Gasteiger partial charge in [0, 0.05) is 11.6 Å². The van der Waals surface area contributed by atoms with E-state index in [1.54, 1.807) is 0 Å². The molecular weight excluding hydrogens is 280 g/mol. The maximum absolute atomic E-state index is 13.6. The van der Waals surface area contributed by atoms with Crippen molar-refractivity contribution in [2.45, 2.75) is 19.2 Å². The molecular formula is C13H12F4O3. The van der Waals surface area contributed by atoms with E-state index < -0.39 is 31.0 Å². The minimum absolute atomic E-state index is 0.111. The van der Waals surface area contributed by atoms with Crippen molar-refractivity contribution >= 4 is 12.0 Å². The average molecular weight is 292 g/mol. The monoisotopic (exact) mass is 292 g/mol. The van der Waals surface area contributed by atoms with Crippen LogP contribution in [0.3, 0.4) is 0 Å². The lowest BCUT2D eigenvalue weighted by atomic mass is 10.1. The van der Waals surface area contributed by atoms with E-state index in [0.29, 0.717) is 5.56 Å². The van der Waals surface area contributed by atoms with Crippen LogP contribution < -0.4 is 0 Å². The Morgan fingerprint density at radius 1 is 1.35 bits per heavy atom. The maximum atomic E-state index is 13.6. The largest absolute Gasteiger partial charge is 0.478 e. The zero-order chi connectivity index (χ0) is 15.2. The van der Waals surface area contributed by atoms with Gasteiger partial charge in [-0.3, -0.25) is 0 Å². The summed E-state index contributed by atoms with van der Waals surface area (Å²) in [6.07, 6.45) is -3.33. The molecule has 0 spiro atoms. The van der Waals surface area contributed by atoms with Gasteiger partial charge in [-0.2, -0.15) is 13.2 Å². The predicted octanol–water partition coefficient (Wildman–Crippen LogP) is 3.39. The van der Waals surface area contributed by atoms with Crippen LogP contribution in [0.5, 0.6) is 0 Å². The van der Waals surface area contributed by atoms with E-state index >= 15 is 0 Å². The Labute approximate surface area is 112 Å². The second kappa shape index (κ2) is 7.04. The lowest BCUT2D eigenvalue weighted by Gasteiger charge is -2.08. The number of ether oxygens (including phenoxy) is 1. The Morgan fingerprint density at radius 2 is 2.05 bits per heavy atom. The second-order valence-electron chi connectivity index (χ2n) is 3.94. The summed E-state index contributed by atoms with van der Waals surface area (Å²) in [5.41, 5.74) is 0.448. The highest BCUT2D eigenvalue weighted by Crippen LogP contribution is 2.20. The summed E-state index contributed by atoms with van der Waals surface area (Å²) >= 11 is 0. The number of hydrogen-bond donors (Lipinski definition) is 1. The molecule has 0 saturated heterocycles. The van der Waals surface area contributed by atoms with Crippen molar-refractivity contribution in [3.8, 4) is 0 Å². The topological polar surface area (TPSA) is 46.5 Å². The average Bonchev–Trinajstić information content (AvgIpc) is 2.32. The van der Waals surface area contributed by atoms with E-state index in [0.717, 1.165) is 12.1 Å². The fraction of sp³-hybridized carbons (Fsp3) is 0.308. The first-order chi connectivity index (χ1) is 9.28. The first-order valence-electron chi connectivity index (χ1n) is 5.62. The number of carboxylic acids is 1. The predicted molar refractivity (Wildman–Crippen MR) is 63.4 cm³/mol. The number of benzene rings is 1. The van der Waals surface area contributed by atoms with Gasteiger partial charge in [0.25, 0.3) is 0 Å². The van der Waals surface area contributed by atoms with Crippen molar-refractivity contribution in [2.24, 2.45) is 0 Å². The molecule has 0 heterocycles. The molecule has 0 aliphatic heterocycles. The van der Waals surface area contributed by atoms with Gasteiger partial charge < -0.3 is 9.84 Å². The summed E-state index contributed by atoms with van der Waals surface area (Å²) in [6.45, 7) is -0.811. The van der Waals surface area contributed by atoms with Crippen molar-refractivity contribution in [3.63, 3.8) is 0 Å². The molecule has 0 unspecified atom stereocenters. The number of carbonyl (C=O) groups is 1. The van der Waals surface area contributed by atoms with Crippen LogP contribution >= 0.6 is 0 Å². The van der Waals surface area contributed by atoms with Gasteiger partial charge >= 0.3 is 12.1 Å². The summed E-state index contributed by atoms with van der Waals surface area (Å²) in [4.78, 5) is 10.3. The van der Waals surface area contributed by atoms with E-state index in [9.17, 15) is 22.4 Å². The summed E-state index contributed by atoms with van der Waals surface area (Å²) in [5.74, 6) is -1.82. The lowest BCUT2D eigenvalue weighted by Crippen LogP contribution is -2.11. The Balaban J connectivity index is 2.54. The highest BCUT2D eigenvalue weighted by Gasteiger charge is 2.26. The summed E-state index contributed by atoms with van der Waals surface area (Å²) in [6, 6.07) is 3.87. The fourth-order valence-corrected chi connectivity index (χ4v) is 1.32. The van der Waals surface area contributed by atoms with Crippen LogP contribution in [-0.4, -0.2) is 23.9 Å². The molecule has 0 aliphatic rings. The number of aliphatic carboxylic acids is 1. The summed E-state index contributed by atoms with van der Waals surface area (Å²) in [7, 11) is 0. The Kier molecular flexibility index (Phi) is 5.69. The van der Waals surface area contributed by atoms with E-state index in [1.165, 1.54) is 18.2 Å². The zero-order valence-corrected chi connectivity index (χ0v) is 10.3. The molecule has 0 aliphatic carbocycles. The van der Waals surface area contributed by atoms with Crippen LogP contribution in [-0.2, 0) is 16.1 Å². The Morgan fingerprint density at radius 3 is 2.60 bits per heavy atom. The zero-order valence-electron chi connectivity index (χ0n) is 10.3. The minimum Gasteiger partial charge on any atom is -0.478 e. The first-order valence-corrected chi connectivity index (χ1v) is 5.62. The number of carboxylic acid groups (broad SMARTS) is 1. The van der Waals surface area contributed by atoms with Crippen molar-refractivity contribution in [3.05, 3.63) is 41.2 Å². The van der Waals surface area contributed by atoms with E-state index in [1.807, 2.05) is 0 Å². The van der Waals surface area contributed by atoms with Gasteiger partial charge in [-0.05, 0) is 17.7 Å². The second-order valence-corrected chi connectivity index (χ2v) is 3.94. The van der Waals surface area contributed by atoms with Crippen molar-refractivity contribution < 1.29 is 32.2 Å². The summed E-state index contributed by atoms with van der Waals surface area (Å²) in [5, 5.41) is 8.42. The quantitative estimate of drug-likeness (QED) is 0.496. The van der Waals surface area contributed by atoms with Gasteiger partial charge in [-0.1, -0.05) is 12.1 Å². The smallest absolute Gasteiger partial charge is 0.391 e. The molecule has 3 nitrogen and oxygen atoms in total. The van der Waals surface area contributed by atoms with Crippen molar-refractivity contribution in [2.75, 3.05) is 6.61 Å². The third-order valence-corrected chi connectivity index (χ3v) is 2.28. The van der Waals surface area contributed by atoms with E-state index in [2.05, 4.69) is 0 Å². The molecule has 0 aromatic heterocycles. The molecule has 1 aromatic rings. The third-order valence-electron chi connectivity index (χ3n) is 2.28. The van der Waals surface area contributed by atoms with Crippen LogP contribution in [0.1, 0.15) is 17.5 Å². The fourth-order valence-electron chi connectivity index (χ4n) is 1.32. The van der Waals surface area contributed by atoms with Gasteiger partial charge in [0.1, 0.15) is 5.82 Å². The molecule has 1 rings (SSSR count). The van der Waals surface area contributed by atoms with Crippen LogP contribution in [0, 0.1) is 5.82 Å².